The fourth-order valence-electron chi connectivity index (χ4n) is 3.05. The summed E-state index contributed by atoms with van der Waals surface area (Å²) in [6, 6.07) is 3.86. The highest BCUT2D eigenvalue weighted by Gasteiger charge is 2.21. The van der Waals surface area contributed by atoms with Gasteiger partial charge in [0.2, 0.25) is 5.91 Å². The highest BCUT2D eigenvalue weighted by atomic mass is 32.1. The van der Waals surface area contributed by atoms with Gasteiger partial charge in [-0.3, -0.25) is 4.79 Å². The van der Waals surface area contributed by atoms with Crippen LogP contribution in [0.2, 0.25) is 0 Å². The molecule has 7 heteroatoms. The summed E-state index contributed by atoms with van der Waals surface area (Å²) in [4.78, 5) is 21.3. The van der Waals surface area contributed by atoms with Crippen LogP contribution in [-0.4, -0.2) is 26.5 Å². The average molecular weight is 342 g/mol. The van der Waals surface area contributed by atoms with Gasteiger partial charge >= 0.3 is 0 Å². The molecule has 6 nitrogen and oxygen atoms in total. The molecular formula is C17H18N4O2S. The molecule has 1 amide bonds. The van der Waals surface area contributed by atoms with E-state index in [-0.39, 0.29) is 11.9 Å². The van der Waals surface area contributed by atoms with Gasteiger partial charge in [0.1, 0.15) is 5.82 Å². The van der Waals surface area contributed by atoms with Crippen LogP contribution in [0.15, 0.2) is 34.4 Å². The van der Waals surface area contributed by atoms with E-state index in [9.17, 15) is 4.79 Å². The molecule has 1 N–H and O–H groups in total. The smallest absolute Gasteiger partial charge is 0.226 e. The van der Waals surface area contributed by atoms with Crippen molar-refractivity contribution in [3.8, 4) is 10.8 Å². The van der Waals surface area contributed by atoms with E-state index >= 15 is 0 Å². The van der Waals surface area contributed by atoms with Crippen LogP contribution >= 0.6 is 11.3 Å². The number of amides is 1. The number of nitrogens with zero attached hydrogens (tertiary/aromatic N) is 3. The molecule has 0 aromatic carbocycles. The third-order valence-electron chi connectivity index (χ3n) is 4.10. The van der Waals surface area contributed by atoms with Crippen LogP contribution in [0, 0.1) is 6.92 Å². The summed E-state index contributed by atoms with van der Waals surface area (Å²) in [5, 5.41) is 5.83. The first kappa shape index (κ1) is 15.1. The monoisotopic (exact) mass is 342 g/mol. The summed E-state index contributed by atoms with van der Waals surface area (Å²) in [6.45, 7) is 2.79. The van der Waals surface area contributed by atoms with Gasteiger partial charge < -0.3 is 14.3 Å². The Morgan fingerprint density at radius 3 is 3.25 bits per heavy atom. The number of nitrogens with one attached hydrogen (secondary N) is 1. The minimum Gasteiger partial charge on any atom is -0.462 e. The van der Waals surface area contributed by atoms with Gasteiger partial charge in [0.05, 0.1) is 24.1 Å². The summed E-state index contributed by atoms with van der Waals surface area (Å²) in [5.74, 6) is 1.86. The molecule has 0 radical (unpaired) electrons. The zero-order valence-corrected chi connectivity index (χ0v) is 14.2. The van der Waals surface area contributed by atoms with E-state index in [1.54, 1.807) is 6.26 Å². The molecule has 124 valence electrons. The molecule has 0 saturated heterocycles. The third-order valence-corrected chi connectivity index (χ3v) is 5.01. The second kappa shape index (κ2) is 6.24. The molecule has 24 heavy (non-hydrogen) atoms. The molecule has 4 heterocycles. The Morgan fingerprint density at radius 1 is 1.50 bits per heavy atom. The van der Waals surface area contributed by atoms with Crippen LogP contribution in [0.3, 0.4) is 0 Å². The van der Waals surface area contributed by atoms with Crippen molar-refractivity contribution in [2.45, 2.75) is 38.8 Å². The molecular weight excluding hydrogens is 324 g/mol. The number of hydrogen-bond acceptors (Lipinski definition) is 5. The van der Waals surface area contributed by atoms with Gasteiger partial charge in [-0.25, -0.2) is 9.97 Å². The van der Waals surface area contributed by atoms with Crippen LogP contribution in [0.25, 0.3) is 10.8 Å². The average Bonchev–Trinajstić information content (AvgIpc) is 3.25. The van der Waals surface area contributed by atoms with Gasteiger partial charge in [0, 0.05) is 30.6 Å². The lowest BCUT2D eigenvalue weighted by molar-refractivity contribution is -0.121. The highest BCUT2D eigenvalue weighted by molar-refractivity contribution is 7.13. The van der Waals surface area contributed by atoms with Gasteiger partial charge in [-0.2, -0.15) is 0 Å². The zero-order chi connectivity index (χ0) is 16.5. The van der Waals surface area contributed by atoms with Crippen molar-refractivity contribution in [2.24, 2.45) is 0 Å². The molecule has 1 aliphatic rings. The topological polar surface area (TPSA) is 73.0 Å². The number of hydrogen-bond donors (Lipinski definition) is 1. The molecule has 0 aliphatic carbocycles. The Morgan fingerprint density at radius 2 is 2.42 bits per heavy atom. The number of thiazole rings is 1. The van der Waals surface area contributed by atoms with Gasteiger partial charge in [0.25, 0.3) is 0 Å². The number of carbonyl (C=O) groups is 1. The zero-order valence-electron chi connectivity index (χ0n) is 13.4. The molecule has 0 fully saturated rings. The lowest BCUT2D eigenvalue weighted by Crippen LogP contribution is -2.41. The second-order valence-electron chi connectivity index (χ2n) is 6.05. The SMILES string of the molecule is Cc1cn2c(n1)CC[C@H](NC(=O)Cc1csc(-c3ccco3)n1)C2. The standard InChI is InChI=1S/C17H18N4O2S/c1-11-8-21-9-12(4-5-15(21)18-11)19-16(22)7-13-10-24-17(20-13)14-3-2-6-23-14/h2-3,6,8,10,12H,4-5,7,9H2,1H3,(H,19,22)/t12-/m0/s1. The summed E-state index contributed by atoms with van der Waals surface area (Å²) < 4.78 is 7.47. The maximum atomic E-state index is 12.3. The Kier molecular flexibility index (Phi) is 3.93. The van der Waals surface area contributed by atoms with E-state index in [2.05, 4.69) is 19.9 Å². The van der Waals surface area contributed by atoms with Crippen LogP contribution in [0.4, 0.5) is 0 Å². The summed E-state index contributed by atoms with van der Waals surface area (Å²) in [7, 11) is 0. The predicted molar refractivity (Wildman–Crippen MR) is 90.7 cm³/mol. The van der Waals surface area contributed by atoms with Crippen LogP contribution in [-0.2, 0) is 24.2 Å². The van der Waals surface area contributed by atoms with Crippen LogP contribution < -0.4 is 5.32 Å². The fourth-order valence-corrected chi connectivity index (χ4v) is 3.83. The summed E-state index contributed by atoms with van der Waals surface area (Å²) >= 11 is 1.49. The summed E-state index contributed by atoms with van der Waals surface area (Å²) in [6.07, 6.45) is 5.79. The number of fused-ring (bicyclic) bond motifs is 1. The van der Waals surface area contributed by atoms with Crippen molar-refractivity contribution in [2.75, 3.05) is 0 Å². The minimum absolute atomic E-state index is 0.0107. The summed E-state index contributed by atoms with van der Waals surface area (Å²) in [5.41, 5.74) is 1.81. The van der Waals surface area contributed by atoms with Crippen molar-refractivity contribution < 1.29 is 9.21 Å². The van der Waals surface area contributed by atoms with Gasteiger partial charge in [-0.15, -0.1) is 11.3 Å². The van der Waals surface area contributed by atoms with E-state index in [4.69, 9.17) is 4.42 Å². The van der Waals surface area contributed by atoms with Crippen LogP contribution in [0.5, 0.6) is 0 Å². The van der Waals surface area contributed by atoms with E-state index in [1.807, 2.05) is 30.6 Å². The number of aromatic nitrogens is 3. The lowest BCUT2D eigenvalue weighted by Gasteiger charge is -2.24. The van der Waals surface area contributed by atoms with Crippen molar-refractivity contribution in [1.29, 1.82) is 0 Å². The molecule has 0 bridgehead atoms. The Hall–Kier alpha value is -2.41. The van der Waals surface area contributed by atoms with Crippen molar-refractivity contribution in [1.82, 2.24) is 19.9 Å². The molecule has 0 spiro atoms. The van der Waals surface area contributed by atoms with E-state index < -0.39 is 0 Å². The number of rotatable bonds is 4. The van der Waals surface area contributed by atoms with E-state index in [1.165, 1.54) is 11.3 Å². The molecule has 4 rings (SSSR count). The minimum atomic E-state index is 0.0107. The molecule has 3 aromatic rings. The van der Waals surface area contributed by atoms with Gasteiger partial charge in [-0.05, 0) is 25.5 Å². The quantitative estimate of drug-likeness (QED) is 0.791. The third kappa shape index (κ3) is 3.12. The number of carbonyl (C=O) groups excluding carboxylic acids is 1. The van der Waals surface area contributed by atoms with E-state index in [0.717, 1.165) is 47.4 Å². The molecule has 1 aliphatic heterocycles. The van der Waals surface area contributed by atoms with E-state index in [0.29, 0.717) is 6.42 Å². The van der Waals surface area contributed by atoms with Crippen LogP contribution in [0.1, 0.15) is 23.6 Å². The Balaban J connectivity index is 1.36. The molecule has 0 saturated carbocycles. The number of imidazole rings is 1. The van der Waals surface area contributed by atoms with Gasteiger partial charge in [0.15, 0.2) is 10.8 Å². The maximum Gasteiger partial charge on any atom is 0.226 e. The normalized spacial score (nSPS) is 16.8. The molecule has 0 unspecified atom stereocenters. The van der Waals surface area contributed by atoms with Crippen molar-refractivity contribution >= 4 is 17.2 Å². The Bertz CT molecular complexity index is 850. The largest absolute Gasteiger partial charge is 0.462 e. The molecule has 1 atom stereocenters. The number of furan rings is 1. The number of aryl methyl sites for hydroxylation is 2. The highest BCUT2D eigenvalue weighted by Crippen LogP contribution is 2.24. The Labute approximate surface area is 143 Å². The first-order valence-corrected chi connectivity index (χ1v) is 8.85. The second-order valence-corrected chi connectivity index (χ2v) is 6.91. The van der Waals surface area contributed by atoms with Gasteiger partial charge in [-0.1, -0.05) is 0 Å². The predicted octanol–water partition coefficient (Wildman–Crippen LogP) is 2.58. The van der Waals surface area contributed by atoms with Crippen molar-refractivity contribution in [3.63, 3.8) is 0 Å². The molecule has 3 aromatic heterocycles. The first-order valence-electron chi connectivity index (χ1n) is 7.97. The fraction of sp³-hybridized carbons (Fsp3) is 0.353. The lowest BCUT2D eigenvalue weighted by atomic mass is 10.1. The maximum absolute atomic E-state index is 12.3. The van der Waals surface area contributed by atoms with Crippen molar-refractivity contribution in [3.05, 3.63) is 47.2 Å². The first-order chi connectivity index (χ1) is 11.7.